The van der Waals surface area contributed by atoms with Crippen molar-refractivity contribution in [1.82, 2.24) is 15.6 Å². The quantitative estimate of drug-likeness (QED) is 0.637. The van der Waals surface area contributed by atoms with E-state index in [0.29, 0.717) is 18.9 Å². The summed E-state index contributed by atoms with van der Waals surface area (Å²) in [6.07, 6.45) is 8.55. The van der Waals surface area contributed by atoms with Crippen LogP contribution in [0.1, 0.15) is 55.6 Å². The minimum atomic E-state index is -0.107. The van der Waals surface area contributed by atoms with Crippen LogP contribution in [0, 0.1) is 12.8 Å². The summed E-state index contributed by atoms with van der Waals surface area (Å²) in [4.78, 5) is 16.5. The Morgan fingerprint density at radius 1 is 1.43 bits per heavy atom. The van der Waals surface area contributed by atoms with Gasteiger partial charge in [-0.15, -0.1) is 11.3 Å². The van der Waals surface area contributed by atoms with Crippen molar-refractivity contribution >= 4 is 17.4 Å². The summed E-state index contributed by atoms with van der Waals surface area (Å²) in [6, 6.07) is -0.00810. The van der Waals surface area contributed by atoms with Gasteiger partial charge in [0.05, 0.1) is 5.01 Å². The second-order valence-corrected chi connectivity index (χ2v) is 7.35. The number of thiazole rings is 1. The number of aliphatic hydroxyl groups is 1. The largest absolute Gasteiger partial charge is 0.396 e. The average molecular weight is 340 g/mol. The standard InChI is InChI=1S/C17H29N3O2S/c1-13-12-23-16(19-13)8-5-10-18-17(22)20-15(9-11-21)14-6-3-2-4-7-14/h12,14-15,21H,2-11H2,1H3,(H2,18,20,22). The Morgan fingerprint density at radius 2 is 2.22 bits per heavy atom. The van der Waals surface area contributed by atoms with Gasteiger partial charge in [-0.2, -0.15) is 0 Å². The van der Waals surface area contributed by atoms with E-state index in [4.69, 9.17) is 0 Å². The fraction of sp³-hybridized carbons (Fsp3) is 0.765. The zero-order valence-electron chi connectivity index (χ0n) is 14.0. The Labute approximate surface area is 142 Å². The van der Waals surface area contributed by atoms with E-state index in [-0.39, 0.29) is 18.7 Å². The molecular formula is C17H29N3O2S. The van der Waals surface area contributed by atoms with Crippen molar-refractivity contribution in [3.8, 4) is 0 Å². The van der Waals surface area contributed by atoms with Crippen LogP contribution >= 0.6 is 11.3 Å². The van der Waals surface area contributed by atoms with Gasteiger partial charge >= 0.3 is 6.03 Å². The Bertz CT molecular complexity index is 472. The van der Waals surface area contributed by atoms with Crippen LogP contribution < -0.4 is 10.6 Å². The second kappa shape index (κ2) is 9.88. The number of rotatable bonds is 8. The minimum Gasteiger partial charge on any atom is -0.396 e. The van der Waals surface area contributed by atoms with Crippen LogP contribution in [0.3, 0.4) is 0 Å². The Balaban J connectivity index is 1.66. The van der Waals surface area contributed by atoms with Crippen molar-refractivity contribution in [2.24, 2.45) is 5.92 Å². The molecule has 1 fully saturated rings. The number of hydrogen-bond acceptors (Lipinski definition) is 4. The first-order valence-corrected chi connectivity index (χ1v) is 9.63. The lowest BCUT2D eigenvalue weighted by Gasteiger charge is -2.30. The van der Waals surface area contributed by atoms with Gasteiger partial charge in [-0.3, -0.25) is 0 Å². The highest BCUT2D eigenvalue weighted by molar-refractivity contribution is 7.09. The molecule has 1 aromatic heterocycles. The first-order valence-electron chi connectivity index (χ1n) is 8.75. The lowest BCUT2D eigenvalue weighted by molar-refractivity contribution is 0.196. The van der Waals surface area contributed by atoms with E-state index >= 15 is 0 Å². The molecule has 2 amide bonds. The Morgan fingerprint density at radius 3 is 2.87 bits per heavy atom. The van der Waals surface area contributed by atoms with Crippen LogP contribution in [0.25, 0.3) is 0 Å². The molecule has 6 heteroatoms. The third-order valence-corrected chi connectivity index (χ3v) is 5.52. The van der Waals surface area contributed by atoms with Crippen molar-refractivity contribution in [3.05, 3.63) is 16.1 Å². The number of aromatic nitrogens is 1. The highest BCUT2D eigenvalue weighted by atomic mass is 32.1. The van der Waals surface area contributed by atoms with Crippen LogP contribution in [0.4, 0.5) is 4.79 Å². The Kier molecular flexibility index (Phi) is 7.82. The lowest BCUT2D eigenvalue weighted by atomic mass is 9.83. The summed E-state index contributed by atoms with van der Waals surface area (Å²) in [7, 11) is 0. The number of urea groups is 1. The minimum absolute atomic E-state index is 0.0990. The van der Waals surface area contributed by atoms with Crippen LogP contribution in [-0.2, 0) is 6.42 Å². The molecule has 2 rings (SSSR count). The lowest BCUT2D eigenvalue weighted by Crippen LogP contribution is -2.46. The molecular weight excluding hydrogens is 310 g/mol. The maximum absolute atomic E-state index is 12.1. The van der Waals surface area contributed by atoms with Crippen molar-refractivity contribution in [1.29, 1.82) is 0 Å². The van der Waals surface area contributed by atoms with Gasteiger partial charge in [0.1, 0.15) is 0 Å². The maximum Gasteiger partial charge on any atom is 0.315 e. The molecule has 0 saturated heterocycles. The first kappa shape index (κ1) is 18.2. The van der Waals surface area contributed by atoms with Crippen LogP contribution in [0.5, 0.6) is 0 Å². The summed E-state index contributed by atoms with van der Waals surface area (Å²) >= 11 is 1.68. The van der Waals surface area contributed by atoms with E-state index in [1.54, 1.807) is 11.3 Å². The molecule has 3 N–H and O–H groups in total. The van der Waals surface area contributed by atoms with Gasteiger partial charge in [0.15, 0.2) is 0 Å². The summed E-state index contributed by atoms with van der Waals surface area (Å²) in [5.41, 5.74) is 1.06. The highest BCUT2D eigenvalue weighted by Gasteiger charge is 2.24. The zero-order valence-corrected chi connectivity index (χ0v) is 14.8. The highest BCUT2D eigenvalue weighted by Crippen LogP contribution is 2.27. The van der Waals surface area contributed by atoms with E-state index in [0.717, 1.165) is 36.4 Å². The fourth-order valence-electron chi connectivity index (χ4n) is 3.28. The SMILES string of the molecule is Cc1csc(CCCNC(=O)NC(CCO)C2CCCCC2)n1. The molecule has 23 heavy (non-hydrogen) atoms. The van der Waals surface area contributed by atoms with E-state index in [2.05, 4.69) is 21.0 Å². The molecule has 0 spiro atoms. The van der Waals surface area contributed by atoms with Gasteiger partial charge in [0.2, 0.25) is 0 Å². The number of nitrogens with zero attached hydrogens (tertiary/aromatic N) is 1. The molecule has 1 aliphatic carbocycles. The maximum atomic E-state index is 12.1. The van der Waals surface area contributed by atoms with E-state index < -0.39 is 0 Å². The predicted molar refractivity (Wildman–Crippen MR) is 93.8 cm³/mol. The van der Waals surface area contributed by atoms with Crippen LogP contribution in [0.15, 0.2) is 5.38 Å². The monoisotopic (exact) mass is 339 g/mol. The van der Waals surface area contributed by atoms with Gasteiger partial charge in [-0.25, -0.2) is 9.78 Å². The molecule has 0 aliphatic heterocycles. The van der Waals surface area contributed by atoms with Gasteiger partial charge < -0.3 is 15.7 Å². The summed E-state index contributed by atoms with van der Waals surface area (Å²) in [5, 5.41) is 18.4. The van der Waals surface area contributed by atoms with Crippen molar-refractivity contribution in [3.63, 3.8) is 0 Å². The molecule has 1 aliphatic rings. The molecule has 1 unspecified atom stereocenters. The number of aliphatic hydroxyl groups excluding tert-OH is 1. The number of nitrogens with one attached hydrogen (secondary N) is 2. The summed E-state index contributed by atoms with van der Waals surface area (Å²) in [5.74, 6) is 0.514. The van der Waals surface area contributed by atoms with Crippen molar-refractivity contribution in [2.75, 3.05) is 13.2 Å². The van der Waals surface area contributed by atoms with Crippen LogP contribution in [0.2, 0.25) is 0 Å². The molecule has 1 saturated carbocycles. The fourth-order valence-corrected chi connectivity index (χ4v) is 4.10. The number of carbonyl (C=O) groups excluding carboxylic acids is 1. The summed E-state index contributed by atoms with van der Waals surface area (Å²) < 4.78 is 0. The third-order valence-electron chi connectivity index (χ3n) is 4.50. The summed E-state index contributed by atoms with van der Waals surface area (Å²) in [6.45, 7) is 2.78. The van der Waals surface area contributed by atoms with Gasteiger partial charge in [-0.05, 0) is 38.5 Å². The molecule has 1 aromatic rings. The molecule has 1 atom stereocenters. The van der Waals surface area contributed by atoms with E-state index in [9.17, 15) is 9.90 Å². The first-order chi connectivity index (χ1) is 11.2. The Hall–Kier alpha value is -1.14. The molecule has 5 nitrogen and oxygen atoms in total. The van der Waals surface area contributed by atoms with Crippen LogP contribution in [-0.4, -0.2) is 35.3 Å². The molecule has 1 heterocycles. The topological polar surface area (TPSA) is 74.2 Å². The van der Waals surface area contributed by atoms with E-state index in [1.165, 1.54) is 19.3 Å². The van der Waals surface area contributed by atoms with Crippen molar-refractivity contribution in [2.45, 2.75) is 64.3 Å². The number of hydrogen-bond donors (Lipinski definition) is 3. The predicted octanol–water partition coefficient (Wildman–Crippen LogP) is 3.01. The molecule has 0 bridgehead atoms. The second-order valence-electron chi connectivity index (χ2n) is 6.40. The van der Waals surface area contributed by atoms with Gasteiger partial charge in [-0.1, -0.05) is 19.3 Å². The third kappa shape index (κ3) is 6.47. The molecule has 0 radical (unpaired) electrons. The smallest absolute Gasteiger partial charge is 0.315 e. The van der Waals surface area contributed by atoms with Crippen molar-refractivity contribution < 1.29 is 9.90 Å². The molecule has 0 aromatic carbocycles. The average Bonchev–Trinajstić information content (AvgIpc) is 2.97. The normalized spacial score (nSPS) is 17.0. The molecule has 130 valence electrons. The van der Waals surface area contributed by atoms with E-state index in [1.807, 2.05) is 6.92 Å². The number of carbonyl (C=O) groups is 1. The van der Waals surface area contributed by atoms with Gasteiger partial charge in [0, 0.05) is 36.7 Å². The van der Waals surface area contributed by atoms with Gasteiger partial charge in [0.25, 0.3) is 0 Å². The number of aryl methyl sites for hydroxylation is 2. The zero-order chi connectivity index (χ0) is 16.5. The number of amides is 2.